The van der Waals surface area contributed by atoms with E-state index in [2.05, 4.69) is 29.8 Å². The fraction of sp³-hybridized carbons (Fsp3) is 0.333. The lowest BCUT2D eigenvalue weighted by atomic mass is 9.69. The molecular weight excluding hydrogens is 512 g/mol. The number of Topliss-reactive ketones (excluding diaryl/α,β-unsaturated/α-hetero) is 1. The first-order valence-electron chi connectivity index (χ1n) is 10.4. The standard InChI is InChI=1S/C24H24BrClN2O3S/c1-4-31-23(30)21-20(18-9-13(25)12-32-18)19-16(10-24(2,3)11-17(19)29)28(22(21)27)15-7-5-14(26)6-8-15/h5-9,12,20H,4,10-11,27H2,1-3H3. The second kappa shape index (κ2) is 8.69. The summed E-state index contributed by atoms with van der Waals surface area (Å²) in [5.74, 6) is -0.765. The molecule has 2 aliphatic rings. The van der Waals surface area contributed by atoms with Gasteiger partial charge in [0.2, 0.25) is 0 Å². The summed E-state index contributed by atoms with van der Waals surface area (Å²) in [5, 5.41) is 2.53. The zero-order valence-corrected chi connectivity index (χ0v) is 21.2. The molecule has 0 spiro atoms. The van der Waals surface area contributed by atoms with Gasteiger partial charge in [-0.1, -0.05) is 25.4 Å². The van der Waals surface area contributed by atoms with E-state index in [4.69, 9.17) is 22.1 Å². The molecule has 2 aromatic rings. The minimum atomic E-state index is -0.562. The number of nitrogens with zero attached hydrogens (tertiary/aromatic N) is 1. The topological polar surface area (TPSA) is 72.6 Å². The number of halogens is 2. The Morgan fingerprint density at radius 3 is 2.59 bits per heavy atom. The Bertz CT molecular complexity index is 1150. The highest BCUT2D eigenvalue weighted by Crippen LogP contribution is 2.51. The molecule has 0 bridgehead atoms. The second-order valence-electron chi connectivity index (χ2n) is 8.73. The van der Waals surface area contributed by atoms with Gasteiger partial charge in [0.05, 0.1) is 18.1 Å². The van der Waals surface area contributed by atoms with Crippen molar-refractivity contribution in [3.8, 4) is 0 Å². The predicted molar refractivity (Wildman–Crippen MR) is 132 cm³/mol. The summed E-state index contributed by atoms with van der Waals surface area (Å²) in [6, 6.07) is 9.17. The molecule has 5 nitrogen and oxygen atoms in total. The molecule has 168 valence electrons. The molecule has 1 unspecified atom stereocenters. The molecule has 1 aromatic heterocycles. The van der Waals surface area contributed by atoms with Gasteiger partial charge in [-0.25, -0.2) is 4.79 Å². The maximum absolute atomic E-state index is 13.6. The van der Waals surface area contributed by atoms with Gasteiger partial charge in [0, 0.05) is 43.1 Å². The molecule has 0 saturated heterocycles. The average Bonchev–Trinajstić information content (AvgIpc) is 3.13. The lowest BCUT2D eigenvalue weighted by molar-refractivity contribution is -0.138. The fourth-order valence-corrected chi connectivity index (χ4v) is 6.16. The summed E-state index contributed by atoms with van der Waals surface area (Å²) >= 11 is 11.1. The van der Waals surface area contributed by atoms with E-state index >= 15 is 0 Å². The number of ketones is 1. The SMILES string of the molecule is CCOC(=O)C1=C(N)N(c2ccc(Cl)cc2)C2=C(C(=O)CC(C)(C)C2)C1c1cc(Br)cs1. The van der Waals surface area contributed by atoms with Crippen LogP contribution in [0, 0.1) is 5.41 Å². The first-order valence-corrected chi connectivity index (χ1v) is 12.4. The minimum absolute atomic E-state index is 0.0269. The normalized spacial score (nSPS) is 20.5. The van der Waals surface area contributed by atoms with Crippen LogP contribution in [0.25, 0.3) is 0 Å². The Hall–Kier alpha value is -2.09. The van der Waals surface area contributed by atoms with E-state index < -0.39 is 11.9 Å². The first-order chi connectivity index (χ1) is 15.1. The molecule has 0 fully saturated rings. The molecule has 0 amide bonds. The van der Waals surface area contributed by atoms with Gasteiger partial charge < -0.3 is 10.5 Å². The van der Waals surface area contributed by atoms with Crippen LogP contribution in [0.1, 0.15) is 44.4 Å². The Morgan fingerprint density at radius 2 is 2.00 bits per heavy atom. The lowest BCUT2D eigenvalue weighted by Crippen LogP contribution is -2.43. The second-order valence-corrected chi connectivity index (χ2v) is 11.0. The molecule has 1 atom stereocenters. The van der Waals surface area contributed by atoms with Gasteiger partial charge in [0.15, 0.2) is 5.78 Å². The molecule has 1 aliphatic heterocycles. The minimum Gasteiger partial charge on any atom is -0.463 e. The maximum atomic E-state index is 13.6. The van der Waals surface area contributed by atoms with Gasteiger partial charge in [-0.05, 0) is 65.0 Å². The van der Waals surface area contributed by atoms with Crippen molar-refractivity contribution in [3.63, 3.8) is 0 Å². The molecule has 0 radical (unpaired) electrons. The molecule has 8 heteroatoms. The van der Waals surface area contributed by atoms with Crippen LogP contribution in [0.4, 0.5) is 5.69 Å². The highest BCUT2D eigenvalue weighted by Gasteiger charge is 2.47. The van der Waals surface area contributed by atoms with Gasteiger partial charge in [0.1, 0.15) is 5.82 Å². The summed E-state index contributed by atoms with van der Waals surface area (Å²) in [7, 11) is 0. The van der Waals surface area contributed by atoms with Gasteiger partial charge in [-0.2, -0.15) is 0 Å². The monoisotopic (exact) mass is 534 g/mol. The van der Waals surface area contributed by atoms with Crippen LogP contribution in [0.5, 0.6) is 0 Å². The Morgan fingerprint density at radius 1 is 1.31 bits per heavy atom. The Labute approximate surface area is 205 Å². The molecular formula is C24H24BrClN2O3S. The van der Waals surface area contributed by atoms with Crippen LogP contribution in [0.15, 0.2) is 62.8 Å². The van der Waals surface area contributed by atoms with Crippen LogP contribution in [0.2, 0.25) is 5.02 Å². The average molecular weight is 536 g/mol. The number of anilines is 1. The third-order valence-electron chi connectivity index (χ3n) is 5.71. The van der Waals surface area contributed by atoms with Crippen LogP contribution < -0.4 is 10.6 Å². The van der Waals surface area contributed by atoms with E-state index in [1.807, 2.05) is 28.5 Å². The maximum Gasteiger partial charge on any atom is 0.338 e. The summed E-state index contributed by atoms with van der Waals surface area (Å²) < 4.78 is 6.30. The van der Waals surface area contributed by atoms with Crippen LogP contribution in [0.3, 0.4) is 0 Å². The predicted octanol–water partition coefficient (Wildman–Crippen LogP) is 6.14. The number of nitrogens with two attached hydrogens (primary N) is 1. The smallest absolute Gasteiger partial charge is 0.338 e. The quantitative estimate of drug-likeness (QED) is 0.476. The number of allylic oxidation sites excluding steroid dienone is 2. The van der Waals surface area contributed by atoms with E-state index in [1.54, 1.807) is 19.1 Å². The van der Waals surface area contributed by atoms with E-state index in [0.29, 0.717) is 29.0 Å². The van der Waals surface area contributed by atoms with Crippen molar-refractivity contribution in [2.24, 2.45) is 11.1 Å². The van der Waals surface area contributed by atoms with Gasteiger partial charge in [-0.3, -0.25) is 9.69 Å². The molecule has 4 rings (SSSR count). The third kappa shape index (κ3) is 4.14. The van der Waals surface area contributed by atoms with Crippen molar-refractivity contribution in [1.29, 1.82) is 0 Å². The van der Waals surface area contributed by atoms with E-state index in [0.717, 1.165) is 20.7 Å². The number of thiophene rings is 1. The molecule has 32 heavy (non-hydrogen) atoms. The zero-order chi connectivity index (χ0) is 23.2. The number of benzene rings is 1. The van der Waals surface area contributed by atoms with Gasteiger partial charge >= 0.3 is 5.97 Å². The van der Waals surface area contributed by atoms with Crippen molar-refractivity contribution in [2.75, 3.05) is 11.5 Å². The number of hydrogen-bond acceptors (Lipinski definition) is 6. The number of ether oxygens (including phenoxy) is 1. The molecule has 2 N–H and O–H groups in total. The fourth-order valence-electron chi connectivity index (χ4n) is 4.47. The zero-order valence-electron chi connectivity index (χ0n) is 18.1. The number of carbonyl (C=O) groups is 2. The van der Waals surface area contributed by atoms with Crippen molar-refractivity contribution in [2.45, 2.75) is 39.5 Å². The van der Waals surface area contributed by atoms with E-state index in [1.165, 1.54) is 11.3 Å². The van der Waals surface area contributed by atoms with Crippen molar-refractivity contribution >= 4 is 56.3 Å². The molecule has 2 heterocycles. The highest BCUT2D eigenvalue weighted by molar-refractivity contribution is 9.10. The molecule has 0 saturated carbocycles. The van der Waals surface area contributed by atoms with E-state index in [9.17, 15) is 9.59 Å². The van der Waals surface area contributed by atoms with Crippen LogP contribution in [-0.2, 0) is 14.3 Å². The van der Waals surface area contributed by atoms with Crippen molar-refractivity contribution in [3.05, 3.63) is 72.7 Å². The van der Waals surface area contributed by atoms with Crippen molar-refractivity contribution < 1.29 is 14.3 Å². The molecule has 1 aromatic carbocycles. The van der Waals surface area contributed by atoms with Gasteiger partial charge in [0.25, 0.3) is 0 Å². The lowest BCUT2D eigenvalue weighted by Gasteiger charge is -2.44. The Kier molecular flexibility index (Phi) is 6.27. The Balaban J connectivity index is 2.01. The number of esters is 1. The first kappa shape index (κ1) is 23.1. The summed E-state index contributed by atoms with van der Waals surface area (Å²) in [5.41, 5.74) is 8.97. The van der Waals surface area contributed by atoms with Crippen LogP contribution in [-0.4, -0.2) is 18.4 Å². The third-order valence-corrected chi connectivity index (χ3v) is 7.72. The number of rotatable bonds is 4. The highest BCUT2D eigenvalue weighted by atomic mass is 79.9. The number of hydrogen-bond donors (Lipinski definition) is 1. The van der Waals surface area contributed by atoms with Crippen molar-refractivity contribution in [1.82, 2.24) is 0 Å². The molecule has 1 aliphatic carbocycles. The van der Waals surface area contributed by atoms with Gasteiger partial charge in [-0.15, -0.1) is 11.3 Å². The van der Waals surface area contributed by atoms with Crippen LogP contribution >= 0.6 is 38.9 Å². The largest absolute Gasteiger partial charge is 0.463 e. The van der Waals surface area contributed by atoms with E-state index in [-0.39, 0.29) is 23.6 Å². The number of carbonyl (C=O) groups excluding carboxylic acids is 2. The summed E-state index contributed by atoms with van der Waals surface area (Å²) in [4.78, 5) is 29.5. The summed E-state index contributed by atoms with van der Waals surface area (Å²) in [6.45, 7) is 6.12. The summed E-state index contributed by atoms with van der Waals surface area (Å²) in [6.07, 6.45) is 1.05.